The van der Waals surface area contributed by atoms with Crippen LogP contribution in [0.15, 0.2) is 0 Å². The van der Waals surface area contributed by atoms with Crippen molar-refractivity contribution >= 4 is 11.9 Å². The molecule has 0 aromatic carbocycles. The van der Waals surface area contributed by atoms with Gasteiger partial charge in [0.25, 0.3) is 0 Å². The summed E-state index contributed by atoms with van der Waals surface area (Å²) < 4.78 is 5.09. The van der Waals surface area contributed by atoms with Crippen molar-refractivity contribution in [3.05, 3.63) is 0 Å². The van der Waals surface area contributed by atoms with Crippen molar-refractivity contribution in [1.82, 2.24) is 0 Å². The summed E-state index contributed by atoms with van der Waals surface area (Å²) in [6.45, 7) is 0.768. The lowest BCUT2D eigenvalue weighted by Gasteiger charge is -2.05. The molecule has 21 heavy (non-hydrogen) atoms. The third kappa shape index (κ3) is 16.8. The number of hydrogen-bond donors (Lipinski definition) is 2. The molecule has 0 bridgehead atoms. The Morgan fingerprint density at radius 1 is 0.714 bits per heavy atom. The number of unbranched alkanes of at least 4 members (excludes halogenated alkanes) is 8. The molecule has 0 aliphatic rings. The molecule has 0 spiro atoms. The fraction of sp³-hybridized carbons (Fsp3) is 0.875. The molecule has 5 nitrogen and oxygen atoms in total. The van der Waals surface area contributed by atoms with E-state index in [-0.39, 0.29) is 12.4 Å². The van der Waals surface area contributed by atoms with Crippen LogP contribution in [-0.2, 0) is 14.3 Å². The number of carboxylic acid groups (broad SMARTS) is 1. The largest absolute Gasteiger partial charge is 0.481 e. The van der Waals surface area contributed by atoms with E-state index in [2.05, 4.69) is 0 Å². The molecular formula is C16H30O5. The van der Waals surface area contributed by atoms with Gasteiger partial charge >= 0.3 is 11.9 Å². The average Bonchev–Trinajstić information content (AvgIpc) is 2.45. The Kier molecular flexibility index (Phi) is 14.5. The Labute approximate surface area is 127 Å². The van der Waals surface area contributed by atoms with E-state index >= 15 is 0 Å². The second-order valence-corrected chi connectivity index (χ2v) is 5.37. The highest BCUT2D eigenvalue weighted by molar-refractivity contribution is 5.69. The zero-order valence-electron chi connectivity index (χ0n) is 13.0. The number of aliphatic hydroxyl groups excluding tert-OH is 1. The Balaban J connectivity index is 3.16. The molecule has 0 radical (unpaired) electrons. The van der Waals surface area contributed by atoms with Crippen LogP contribution in [0.5, 0.6) is 0 Å². The van der Waals surface area contributed by atoms with E-state index < -0.39 is 5.97 Å². The zero-order valence-corrected chi connectivity index (χ0v) is 13.0. The van der Waals surface area contributed by atoms with Gasteiger partial charge < -0.3 is 14.9 Å². The van der Waals surface area contributed by atoms with Crippen LogP contribution in [0, 0.1) is 0 Å². The lowest BCUT2D eigenvalue weighted by molar-refractivity contribution is -0.144. The number of carbonyl (C=O) groups is 2. The minimum Gasteiger partial charge on any atom is -0.481 e. The van der Waals surface area contributed by atoms with Crippen LogP contribution in [0.25, 0.3) is 0 Å². The first-order valence-electron chi connectivity index (χ1n) is 8.15. The third-order valence-corrected chi connectivity index (χ3v) is 3.34. The summed E-state index contributed by atoms with van der Waals surface area (Å²) in [4.78, 5) is 21.6. The van der Waals surface area contributed by atoms with Gasteiger partial charge in [0.2, 0.25) is 0 Å². The first kappa shape index (κ1) is 19.9. The summed E-state index contributed by atoms with van der Waals surface area (Å²) in [6, 6.07) is 0. The Morgan fingerprint density at radius 3 is 1.81 bits per heavy atom. The second kappa shape index (κ2) is 15.3. The number of hydrogen-bond acceptors (Lipinski definition) is 4. The van der Waals surface area contributed by atoms with Crippen LogP contribution in [0.2, 0.25) is 0 Å². The topological polar surface area (TPSA) is 83.8 Å². The first-order valence-corrected chi connectivity index (χ1v) is 8.15. The highest BCUT2D eigenvalue weighted by Gasteiger charge is 2.03. The lowest BCUT2D eigenvalue weighted by Crippen LogP contribution is -2.06. The molecule has 0 heterocycles. The molecule has 0 unspecified atom stereocenters. The van der Waals surface area contributed by atoms with Gasteiger partial charge in [0, 0.05) is 19.4 Å². The molecule has 5 heteroatoms. The van der Waals surface area contributed by atoms with E-state index in [9.17, 15) is 9.59 Å². The van der Waals surface area contributed by atoms with Gasteiger partial charge in [0.1, 0.15) is 0 Å². The van der Waals surface area contributed by atoms with E-state index in [1.165, 1.54) is 19.3 Å². The number of carboxylic acids is 1. The molecule has 0 atom stereocenters. The van der Waals surface area contributed by atoms with E-state index in [4.69, 9.17) is 14.9 Å². The third-order valence-electron chi connectivity index (χ3n) is 3.34. The standard InChI is InChI=1S/C16H30O5/c17-13-9-5-3-1-2-4-6-10-14-21-16(20)12-8-7-11-15(18)19/h17H,1-14H2,(H,18,19). The summed E-state index contributed by atoms with van der Waals surface area (Å²) >= 11 is 0. The molecule has 0 amide bonds. The van der Waals surface area contributed by atoms with Gasteiger partial charge in [0.15, 0.2) is 0 Å². The van der Waals surface area contributed by atoms with E-state index in [0.29, 0.717) is 32.5 Å². The summed E-state index contributed by atoms with van der Waals surface area (Å²) in [5.74, 6) is -1.04. The van der Waals surface area contributed by atoms with Gasteiger partial charge in [-0.25, -0.2) is 0 Å². The van der Waals surface area contributed by atoms with E-state index in [1.807, 2.05) is 0 Å². The fourth-order valence-electron chi connectivity index (χ4n) is 2.08. The van der Waals surface area contributed by atoms with Gasteiger partial charge in [0.05, 0.1) is 6.61 Å². The Hall–Kier alpha value is -1.10. The quantitative estimate of drug-likeness (QED) is 0.358. The predicted octanol–water partition coefficient (Wildman–Crippen LogP) is 3.29. The molecule has 0 aromatic heterocycles. The second-order valence-electron chi connectivity index (χ2n) is 5.37. The molecule has 0 aliphatic heterocycles. The highest BCUT2D eigenvalue weighted by atomic mass is 16.5. The summed E-state index contributed by atoms with van der Waals surface area (Å²) in [5, 5.41) is 17.1. The van der Waals surface area contributed by atoms with E-state index in [0.717, 1.165) is 32.1 Å². The van der Waals surface area contributed by atoms with Crippen molar-refractivity contribution in [3.8, 4) is 0 Å². The van der Waals surface area contributed by atoms with Crippen molar-refractivity contribution in [2.75, 3.05) is 13.2 Å². The van der Waals surface area contributed by atoms with Crippen LogP contribution < -0.4 is 0 Å². The zero-order chi connectivity index (χ0) is 15.8. The average molecular weight is 302 g/mol. The maximum atomic E-state index is 11.3. The maximum absolute atomic E-state index is 11.3. The minimum atomic E-state index is -0.820. The summed E-state index contributed by atoms with van der Waals surface area (Å²) in [6.07, 6.45) is 10.3. The molecular weight excluding hydrogens is 272 g/mol. The van der Waals surface area contributed by atoms with Crippen LogP contribution >= 0.6 is 0 Å². The monoisotopic (exact) mass is 302 g/mol. The molecule has 0 aromatic rings. The molecule has 0 rings (SSSR count). The van der Waals surface area contributed by atoms with Crippen LogP contribution in [0.1, 0.15) is 77.0 Å². The first-order chi connectivity index (χ1) is 10.2. The molecule has 124 valence electrons. The Bertz CT molecular complexity index is 265. The number of aliphatic carboxylic acids is 1. The van der Waals surface area contributed by atoms with Gasteiger partial charge in [-0.1, -0.05) is 38.5 Å². The van der Waals surface area contributed by atoms with Gasteiger partial charge in [-0.3, -0.25) is 9.59 Å². The number of carbonyl (C=O) groups excluding carboxylic acids is 1. The van der Waals surface area contributed by atoms with Crippen molar-refractivity contribution in [2.24, 2.45) is 0 Å². The minimum absolute atomic E-state index is 0.117. The number of ether oxygens (including phenoxy) is 1. The van der Waals surface area contributed by atoms with Gasteiger partial charge in [-0.2, -0.15) is 0 Å². The van der Waals surface area contributed by atoms with E-state index in [1.54, 1.807) is 0 Å². The maximum Gasteiger partial charge on any atom is 0.305 e. The normalized spacial score (nSPS) is 10.5. The molecule has 0 saturated carbocycles. The lowest BCUT2D eigenvalue weighted by atomic mass is 10.1. The van der Waals surface area contributed by atoms with Crippen LogP contribution in [0.3, 0.4) is 0 Å². The number of rotatable bonds is 15. The summed E-state index contributed by atoms with van der Waals surface area (Å²) in [5.41, 5.74) is 0. The SMILES string of the molecule is O=C(O)CCCCC(=O)OCCCCCCCCCCO. The number of esters is 1. The summed E-state index contributed by atoms with van der Waals surface area (Å²) in [7, 11) is 0. The molecule has 0 fully saturated rings. The molecule has 0 saturated heterocycles. The van der Waals surface area contributed by atoms with Crippen LogP contribution in [-0.4, -0.2) is 35.4 Å². The van der Waals surface area contributed by atoms with Crippen molar-refractivity contribution in [3.63, 3.8) is 0 Å². The highest BCUT2D eigenvalue weighted by Crippen LogP contribution is 2.09. The molecule has 0 aliphatic carbocycles. The Morgan fingerprint density at radius 2 is 1.24 bits per heavy atom. The van der Waals surface area contributed by atoms with Crippen molar-refractivity contribution < 1.29 is 24.5 Å². The smallest absolute Gasteiger partial charge is 0.305 e. The van der Waals surface area contributed by atoms with Crippen LogP contribution in [0.4, 0.5) is 0 Å². The van der Waals surface area contributed by atoms with Gasteiger partial charge in [-0.05, 0) is 25.7 Å². The fourth-order valence-corrected chi connectivity index (χ4v) is 2.08. The molecule has 2 N–H and O–H groups in total. The van der Waals surface area contributed by atoms with Crippen molar-refractivity contribution in [1.29, 1.82) is 0 Å². The van der Waals surface area contributed by atoms with Crippen molar-refractivity contribution in [2.45, 2.75) is 77.0 Å². The van der Waals surface area contributed by atoms with Gasteiger partial charge in [-0.15, -0.1) is 0 Å². The predicted molar refractivity (Wildman–Crippen MR) is 81.1 cm³/mol. The number of aliphatic hydroxyl groups is 1.